The molecule has 0 radical (unpaired) electrons. The smallest absolute Gasteiger partial charge is 0.166 e. The molecule has 1 saturated carbocycles. The summed E-state index contributed by atoms with van der Waals surface area (Å²) >= 11 is 0. The molecule has 0 spiro atoms. The molecule has 1 aromatic rings. The molecule has 2 rings (SSSR count). The Morgan fingerprint density at radius 3 is 2.88 bits per heavy atom. The lowest BCUT2D eigenvalue weighted by molar-refractivity contribution is -0.0940. The van der Waals surface area contributed by atoms with Crippen molar-refractivity contribution in [2.45, 2.75) is 31.9 Å². The summed E-state index contributed by atoms with van der Waals surface area (Å²) in [6, 6.07) is 5.50. The van der Waals surface area contributed by atoms with Crippen LogP contribution in [0.5, 0.6) is 0 Å². The zero-order chi connectivity index (χ0) is 12.5. The Labute approximate surface area is 101 Å². The van der Waals surface area contributed by atoms with Crippen molar-refractivity contribution in [3.05, 3.63) is 23.5 Å². The van der Waals surface area contributed by atoms with E-state index in [2.05, 4.69) is 13.0 Å². The second-order valence-corrected chi connectivity index (χ2v) is 4.91. The van der Waals surface area contributed by atoms with E-state index in [1.54, 1.807) is 23.8 Å². The highest BCUT2D eigenvalue weighted by Gasteiger charge is 2.40. The fraction of sp³-hybridized carbons (Fsp3) is 0.538. The molecular weight excluding hydrogens is 216 g/mol. The summed E-state index contributed by atoms with van der Waals surface area (Å²) in [6.07, 6.45) is 2.75. The van der Waals surface area contributed by atoms with Gasteiger partial charge in [0.25, 0.3) is 0 Å². The number of nitrogens with zero attached hydrogens (tertiary/aromatic N) is 2. The molecule has 1 heterocycles. The zero-order valence-corrected chi connectivity index (χ0v) is 10.1. The summed E-state index contributed by atoms with van der Waals surface area (Å²) in [5, 5.41) is 8.97. The average Bonchev–Trinajstić information content (AvgIpc) is 2.69. The lowest BCUT2D eigenvalue weighted by Gasteiger charge is -2.44. The van der Waals surface area contributed by atoms with E-state index in [0.717, 1.165) is 25.7 Å². The second kappa shape index (κ2) is 4.34. The minimum absolute atomic E-state index is 0.0219. The number of carbonyl (C=O) groups excluding carboxylic acids is 1. The summed E-state index contributed by atoms with van der Waals surface area (Å²) in [7, 11) is 1.73. The van der Waals surface area contributed by atoms with Gasteiger partial charge in [-0.25, -0.2) is 0 Å². The SMILES string of the molecule is COC1(C)CC(Cn2c(C#N)ccc2C=O)C1. The first-order chi connectivity index (χ1) is 8.11. The van der Waals surface area contributed by atoms with Gasteiger partial charge in [0.05, 0.1) is 11.3 Å². The molecule has 0 N–H and O–H groups in total. The first kappa shape index (κ1) is 11.9. The van der Waals surface area contributed by atoms with E-state index in [-0.39, 0.29) is 5.60 Å². The molecule has 0 amide bonds. The molecule has 17 heavy (non-hydrogen) atoms. The second-order valence-electron chi connectivity index (χ2n) is 4.91. The van der Waals surface area contributed by atoms with Crippen molar-refractivity contribution in [3.63, 3.8) is 0 Å². The minimum Gasteiger partial charge on any atom is -0.379 e. The summed E-state index contributed by atoms with van der Waals surface area (Å²) < 4.78 is 7.19. The van der Waals surface area contributed by atoms with E-state index in [1.165, 1.54) is 0 Å². The van der Waals surface area contributed by atoms with Crippen LogP contribution < -0.4 is 0 Å². The fourth-order valence-electron chi connectivity index (χ4n) is 2.60. The first-order valence-corrected chi connectivity index (χ1v) is 5.72. The maximum atomic E-state index is 10.9. The Morgan fingerprint density at radius 1 is 1.65 bits per heavy atom. The number of ether oxygens (including phenoxy) is 1. The van der Waals surface area contributed by atoms with Gasteiger partial charge in [0.15, 0.2) is 6.29 Å². The van der Waals surface area contributed by atoms with Crippen LogP contribution in [0.2, 0.25) is 0 Å². The van der Waals surface area contributed by atoms with Gasteiger partial charge in [0.1, 0.15) is 11.8 Å². The molecule has 0 aliphatic heterocycles. The van der Waals surface area contributed by atoms with E-state index >= 15 is 0 Å². The Hall–Kier alpha value is -1.60. The molecule has 0 atom stereocenters. The van der Waals surface area contributed by atoms with E-state index < -0.39 is 0 Å². The Balaban J connectivity index is 2.08. The lowest BCUT2D eigenvalue weighted by Crippen LogP contribution is -2.44. The van der Waals surface area contributed by atoms with E-state index in [4.69, 9.17) is 10.00 Å². The number of rotatable bonds is 4. The fourth-order valence-corrected chi connectivity index (χ4v) is 2.60. The van der Waals surface area contributed by atoms with Crippen molar-refractivity contribution >= 4 is 6.29 Å². The molecule has 90 valence electrons. The number of methoxy groups -OCH3 is 1. The number of nitriles is 1. The molecule has 0 saturated heterocycles. The topological polar surface area (TPSA) is 55.0 Å². The lowest BCUT2D eigenvalue weighted by atomic mass is 9.72. The molecule has 1 fully saturated rings. The highest BCUT2D eigenvalue weighted by molar-refractivity contribution is 5.73. The van der Waals surface area contributed by atoms with Crippen LogP contribution in [0.3, 0.4) is 0 Å². The monoisotopic (exact) mass is 232 g/mol. The highest BCUT2D eigenvalue weighted by atomic mass is 16.5. The molecule has 4 heteroatoms. The molecular formula is C13H16N2O2. The van der Waals surface area contributed by atoms with Crippen LogP contribution in [0.4, 0.5) is 0 Å². The molecule has 4 nitrogen and oxygen atoms in total. The van der Waals surface area contributed by atoms with Crippen molar-refractivity contribution < 1.29 is 9.53 Å². The minimum atomic E-state index is -0.0219. The predicted octanol–water partition coefficient (Wildman–Crippen LogP) is 1.99. The number of aldehydes is 1. The third kappa shape index (κ3) is 2.11. The Bertz CT molecular complexity index is 464. The molecule has 0 unspecified atom stereocenters. The van der Waals surface area contributed by atoms with Gasteiger partial charge in [0.2, 0.25) is 0 Å². The van der Waals surface area contributed by atoms with Crippen molar-refractivity contribution in [2.24, 2.45) is 5.92 Å². The molecule has 1 aliphatic carbocycles. The maximum absolute atomic E-state index is 10.9. The normalized spacial score (nSPS) is 27.2. The van der Waals surface area contributed by atoms with Gasteiger partial charge in [0, 0.05) is 13.7 Å². The maximum Gasteiger partial charge on any atom is 0.166 e. The molecule has 0 aromatic carbocycles. The van der Waals surface area contributed by atoms with Crippen LogP contribution >= 0.6 is 0 Å². The third-order valence-corrected chi connectivity index (χ3v) is 3.62. The zero-order valence-electron chi connectivity index (χ0n) is 10.1. The van der Waals surface area contributed by atoms with Crippen LogP contribution in [0.1, 0.15) is 35.9 Å². The van der Waals surface area contributed by atoms with Crippen LogP contribution in [-0.2, 0) is 11.3 Å². The Kier molecular flexibility index (Phi) is 3.03. The first-order valence-electron chi connectivity index (χ1n) is 5.72. The van der Waals surface area contributed by atoms with Gasteiger partial charge in [-0.05, 0) is 37.8 Å². The van der Waals surface area contributed by atoms with Crippen molar-refractivity contribution in [2.75, 3.05) is 7.11 Å². The summed E-state index contributed by atoms with van der Waals surface area (Å²) in [5.74, 6) is 0.484. The van der Waals surface area contributed by atoms with Gasteiger partial charge >= 0.3 is 0 Å². The average molecular weight is 232 g/mol. The van der Waals surface area contributed by atoms with E-state index in [9.17, 15) is 4.79 Å². The number of hydrogen-bond donors (Lipinski definition) is 0. The van der Waals surface area contributed by atoms with Gasteiger partial charge in [-0.15, -0.1) is 0 Å². The van der Waals surface area contributed by atoms with Gasteiger partial charge in [-0.2, -0.15) is 5.26 Å². The van der Waals surface area contributed by atoms with E-state index in [1.807, 2.05) is 0 Å². The third-order valence-electron chi connectivity index (χ3n) is 3.62. The standard InChI is InChI=1S/C13H16N2O2/c1-13(17-2)5-10(6-13)8-15-11(7-14)3-4-12(15)9-16/h3-4,9-10H,5-6,8H2,1-2H3. The summed E-state index contributed by atoms with van der Waals surface area (Å²) in [5.41, 5.74) is 1.11. The van der Waals surface area contributed by atoms with E-state index in [0.29, 0.717) is 17.3 Å². The number of hydrogen-bond acceptors (Lipinski definition) is 3. The highest BCUT2D eigenvalue weighted by Crippen LogP contribution is 2.41. The van der Waals surface area contributed by atoms with Crippen molar-refractivity contribution in [1.82, 2.24) is 4.57 Å². The Morgan fingerprint density at radius 2 is 2.35 bits per heavy atom. The van der Waals surface area contributed by atoms with Crippen molar-refractivity contribution in [1.29, 1.82) is 5.26 Å². The van der Waals surface area contributed by atoms with Gasteiger partial charge in [-0.3, -0.25) is 4.79 Å². The quantitative estimate of drug-likeness (QED) is 0.746. The van der Waals surface area contributed by atoms with Crippen LogP contribution in [0, 0.1) is 17.2 Å². The predicted molar refractivity (Wildman–Crippen MR) is 62.7 cm³/mol. The van der Waals surface area contributed by atoms with Crippen LogP contribution in [-0.4, -0.2) is 23.6 Å². The van der Waals surface area contributed by atoms with Gasteiger partial charge < -0.3 is 9.30 Å². The molecule has 1 aliphatic rings. The van der Waals surface area contributed by atoms with Crippen molar-refractivity contribution in [3.8, 4) is 6.07 Å². The summed E-state index contributed by atoms with van der Waals surface area (Å²) in [4.78, 5) is 10.9. The van der Waals surface area contributed by atoms with Crippen LogP contribution in [0.25, 0.3) is 0 Å². The molecule has 1 aromatic heterocycles. The molecule has 0 bridgehead atoms. The summed E-state index contributed by atoms with van der Waals surface area (Å²) in [6.45, 7) is 2.81. The number of carbonyl (C=O) groups is 1. The van der Waals surface area contributed by atoms with Crippen LogP contribution in [0.15, 0.2) is 12.1 Å². The number of aromatic nitrogens is 1. The van der Waals surface area contributed by atoms with Gasteiger partial charge in [-0.1, -0.05) is 0 Å². The largest absolute Gasteiger partial charge is 0.379 e.